The van der Waals surface area contributed by atoms with E-state index < -0.39 is 0 Å². The van der Waals surface area contributed by atoms with E-state index in [-0.39, 0.29) is 0 Å². The molecule has 0 fully saturated rings. The molecule has 0 amide bonds. The van der Waals surface area contributed by atoms with Crippen LogP contribution in [0.1, 0.15) is 12.0 Å². The van der Waals surface area contributed by atoms with Crippen molar-refractivity contribution in [3.05, 3.63) is 58.6 Å². The zero-order valence-electron chi connectivity index (χ0n) is 11.1. The highest BCUT2D eigenvalue weighted by atomic mass is 79.9. The Hall–Kier alpha value is -1.81. The molecule has 20 heavy (non-hydrogen) atoms. The molecule has 0 radical (unpaired) electrons. The maximum atomic E-state index is 4.51. The molecule has 4 heteroatoms. The molecule has 0 aliphatic heterocycles. The van der Waals surface area contributed by atoms with Crippen LogP contribution in [0.25, 0.3) is 11.0 Å². The number of rotatable bonds is 5. The van der Waals surface area contributed by atoms with E-state index in [1.165, 1.54) is 5.56 Å². The standard InChI is InChI=1S/C16H16BrN3/c17-13-8-9-14-15(11-13)20-16(19-14)18-10-4-7-12-5-2-1-3-6-12/h1-3,5-6,8-9,11H,4,7,10H2,(H2,18,19,20). The molecule has 3 rings (SSSR count). The van der Waals surface area contributed by atoms with Crippen LogP contribution in [0.2, 0.25) is 0 Å². The Morgan fingerprint density at radius 3 is 2.80 bits per heavy atom. The Morgan fingerprint density at radius 1 is 1.10 bits per heavy atom. The van der Waals surface area contributed by atoms with Gasteiger partial charge in [-0.1, -0.05) is 46.3 Å². The van der Waals surface area contributed by atoms with Gasteiger partial charge in [0, 0.05) is 11.0 Å². The van der Waals surface area contributed by atoms with Gasteiger partial charge in [-0.15, -0.1) is 0 Å². The maximum absolute atomic E-state index is 4.51. The van der Waals surface area contributed by atoms with Crippen molar-refractivity contribution in [2.24, 2.45) is 0 Å². The summed E-state index contributed by atoms with van der Waals surface area (Å²) in [4.78, 5) is 7.79. The summed E-state index contributed by atoms with van der Waals surface area (Å²) in [7, 11) is 0. The van der Waals surface area contributed by atoms with Crippen molar-refractivity contribution in [1.29, 1.82) is 0 Å². The third-order valence-electron chi connectivity index (χ3n) is 3.22. The van der Waals surface area contributed by atoms with E-state index in [1.54, 1.807) is 0 Å². The lowest BCUT2D eigenvalue weighted by Gasteiger charge is -2.02. The Balaban J connectivity index is 1.55. The fraction of sp³-hybridized carbons (Fsp3) is 0.188. The largest absolute Gasteiger partial charge is 0.356 e. The molecular formula is C16H16BrN3. The Kier molecular flexibility index (Phi) is 4.02. The molecule has 0 aliphatic rings. The number of H-pyrrole nitrogens is 1. The van der Waals surface area contributed by atoms with Crippen LogP contribution in [0, 0.1) is 0 Å². The summed E-state index contributed by atoms with van der Waals surface area (Å²) >= 11 is 3.46. The Bertz CT molecular complexity index is 691. The number of nitrogens with zero attached hydrogens (tertiary/aromatic N) is 1. The second kappa shape index (κ2) is 6.09. The van der Waals surface area contributed by atoms with E-state index >= 15 is 0 Å². The summed E-state index contributed by atoms with van der Waals surface area (Å²) in [5, 5.41) is 3.34. The van der Waals surface area contributed by atoms with Crippen LogP contribution in [-0.4, -0.2) is 16.5 Å². The van der Waals surface area contributed by atoms with Crippen LogP contribution in [0.3, 0.4) is 0 Å². The first kappa shape index (κ1) is 13.2. The monoisotopic (exact) mass is 329 g/mol. The highest BCUT2D eigenvalue weighted by Crippen LogP contribution is 2.19. The van der Waals surface area contributed by atoms with Crippen LogP contribution < -0.4 is 5.32 Å². The van der Waals surface area contributed by atoms with E-state index in [2.05, 4.69) is 55.5 Å². The molecule has 0 aliphatic carbocycles. The molecule has 3 aromatic rings. The smallest absolute Gasteiger partial charge is 0.201 e. The van der Waals surface area contributed by atoms with Gasteiger partial charge in [-0.25, -0.2) is 4.98 Å². The first-order valence-electron chi connectivity index (χ1n) is 6.74. The summed E-state index contributed by atoms with van der Waals surface area (Å²) in [6, 6.07) is 16.6. The normalized spacial score (nSPS) is 10.8. The van der Waals surface area contributed by atoms with Crippen LogP contribution in [0.4, 0.5) is 5.95 Å². The molecule has 0 spiro atoms. The Morgan fingerprint density at radius 2 is 1.95 bits per heavy atom. The van der Waals surface area contributed by atoms with Gasteiger partial charge in [0.1, 0.15) is 0 Å². The van der Waals surface area contributed by atoms with Gasteiger partial charge in [-0.3, -0.25) is 0 Å². The zero-order chi connectivity index (χ0) is 13.8. The van der Waals surface area contributed by atoms with Gasteiger partial charge in [0.05, 0.1) is 11.0 Å². The van der Waals surface area contributed by atoms with Gasteiger partial charge in [-0.05, 0) is 36.6 Å². The lowest BCUT2D eigenvalue weighted by molar-refractivity contribution is 0.856. The van der Waals surface area contributed by atoms with Crippen molar-refractivity contribution in [2.45, 2.75) is 12.8 Å². The number of nitrogens with one attached hydrogen (secondary N) is 2. The molecule has 1 aromatic heterocycles. The molecule has 0 saturated carbocycles. The van der Waals surface area contributed by atoms with Crippen LogP contribution in [0.15, 0.2) is 53.0 Å². The van der Waals surface area contributed by atoms with Crippen LogP contribution in [-0.2, 0) is 6.42 Å². The summed E-state index contributed by atoms with van der Waals surface area (Å²) in [5.41, 5.74) is 3.41. The first-order chi connectivity index (χ1) is 9.81. The number of benzene rings is 2. The maximum Gasteiger partial charge on any atom is 0.201 e. The predicted molar refractivity (Wildman–Crippen MR) is 87.0 cm³/mol. The fourth-order valence-corrected chi connectivity index (χ4v) is 2.57. The molecule has 0 saturated heterocycles. The average Bonchev–Trinajstić information content (AvgIpc) is 2.86. The van der Waals surface area contributed by atoms with Gasteiger partial charge in [0.2, 0.25) is 5.95 Å². The molecule has 0 unspecified atom stereocenters. The quantitative estimate of drug-likeness (QED) is 0.682. The minimum absolute atomic E-state index is 0.839. The highest BCUT2D eigenvalue weighted by molar-refractivity contribution is 9.10. The van der Waals surface area contributed by atoms with Crippen molar-refractivity contribution in [3.63, 3.8) is 0 Å². The zero-order valence-corrected chi connectivity index (χ0v) is 12.7. The third-order valence-corrected chi connectivity index (χ3v) is 3.71. The SMILES string of the molecule is Brc1ccc2nc(NCCCc3ccccc3)[nH]c2c1. The number of fused-ring (bicyclic) bond motifs is 1. The van der Waals surface area contributed by atoms with Crippen molar-refractivity contribution in [3.8, 4) is 0 Å². The Labute approximate surface area is 126 Å². The molecule has 1 heterocycles. The van der Waals surface area contributed by atoms with Gasteiger partial charge in [-0.2, -0.15) is 0 Å². The van der Waals surface area contributed by atoms with Crippen LogP contribution >= 0.6 is 15.9 Å². The van der Waals surface area contributed by atoms with Gasteiger partial charge in [0.15, 0.2) is 0 Å². The second-order valence-electron chi connectivity index (χ2n) is 4.76. The van der Waals surface area contributed by atoms with E-state index in [9.17, 15) is 0 Å². The lowest BCUT2D eigenvalue weighted by atomic mass is 10.1. The highest BCUT2D eigenvalue weighted by Gasteiger charge is 2.02. The second-order valence-corrected chi connectivity index (χ2v) is 5.68. The number of halogens is 1. The predicted octanol–water partition coefficient (Wildman–Crippen LogP) is 4.37. The molecule has 3 nitrogen and oxygen atoms in total. The van der Waals surface area contributed by atoms with Crippen molar-refractivity contribution in [2.75, 3.05) is 11.9 Å². The third kappa shape index (κ3) is 3.20. The molecule has 0 bridgehead atoms. The lowest BCUT2D eigenvalue weighted by Crippen LogP contribution is -2.04. The minimum atomic E-state index is 0.839. The summed E-state index contributed by atoms with van der Waals surface area (Å²) < 4.78 is 1.06. The number of hydrogen-bond acceptors (Lipinski definition) is 2. The number of imidazole rings is 1. The molecule has 0 atom stereocenters. The first-order valence-corrected chi connectivity index (χ1v) is 7.54. The summed E-state index contributed by atoms with van der Waals surface area (Å²) in [6.45, 7) is 0.913. The van der Waals surface area contributed by atoms with E-state index in [1.807, 2.05) is 24.3 Å². The molecular weight excluding hydrogens is 314 g/mol. The number of anilines is 1. The number of aromatic amines is 1. The summed E-state index contributed by atoms with van der Waals surface area (Å²) in [6.07, 6.45) is 2.17. The van der Waals surface area contributed by atoms with Crippen molar-refractivity contribution < 1.29 is 0 Å². The molecule has 2 aromatic carbocycles. The van der Waals surface area contributed by atoms with E-state index in [0.29, 0.717) is 0 Å². The topological polar surface area (TPSA) is 40.7 Å². The number of aryl methyl sites for hydroxylation is 1. The van der Waals surface area contributed by atoms with Gasteiger partial charge >= 0.3 is 0 Å². The fourth-order valence-electron chi connectivity index (χ4n) is 2.21. The average molecular weight is 330 g/mol. The minimum Gasteiger partial charge on any atom is -0.356 e. The van der Waals surface area contributed by atoms with Crippen LogP contribution in [0.5, 0.6) is 0 Å². The molecule has 2 N–H and O–H groups in total. The van der Waals surface area contributed by atoms with E-state index in [4.69, 9.17) is 0 Å². The van der Waals surface area contributed by atoms with Gasteiger partial charge < -0.3 is 10.3 Å². The van der Waals surface area contributed by atoms with Crippen molar-refractivity contribution >= 4 is 32.9 Å². The van der Waals surface area contributed by atoms with Gasteiger partial charge in [0.25, 0.3) is 0 Å². The van der Waals surface area contributed by atoms with Crippen molar-refractivity contribution in [1.82, 2.24) is 9.97 Å². The molecule has 102 valence electrons. The number of aromatic nitrogens is 2. The summed E-state index contributed by atoms with van der Waals surface area (Å²) in [5.74, 6) is 0.839. The number of hydrogen-bond donors (Lipinski definition) is 2. The van der Waals surface area contributed by atoms with E-state index in [0.717, 1.165) is 40.8 Å².